The minimum atomic E-state index is -0.913. The van der Waals surface area contributed by atoms with Crippen molar-refractivity contribution < 1.29 is 19.0 Å². The van der Waals surface area contributed by atoms with E-state index < -0.39 is 11.8 Å². The number of carboxylic acids is 1. The van der Waals surface area contributed by atoms with Gasteiger partial charge in [0.05, 0.1) is 18.3 Å². The summed E-state index contributed by atoms with van der Waals surface area (Å²) in [5, 5.41) is 14.4. The highest BCUT2D eigenvalue weighted by Gasteiger charge is 2.16. The van der Waals surface area contributed by atoms with Crippen LogP contribution >= 0.6 is 0 Å². The van der Waals surface area contributed by atoms with Gasteiger partial charge in [-0.15, -0.1) is 0 Å². The highest BCUT2D eigenvalue weighted by Crippen LogP contribution is 2.36. The van der Waals surface area contributed by atoms with Gasteiger partial charge in [0.25, 0.3) is 0 Å². The summed E-state index contributed by atoms with van der Waals surface area (Å²) in [5.74, 6) is -1.22. The lowest BCUT2D eigenvalue weighted by Gasteiger charge is -2.15. The summed E-state index contributed by atoms with van der Waals surface area (Å²) in [6.45, 7) is 3.12. The summed E-state index contributed by atoms with van der Waals surface area (Å²) >= 11 is 0. The van der Waals surface area contributed by atoms with Crippen LogP contribution in [0, 0.1) is 5.82 Å². The Morgan fingerprint density at radius 1 is 1.06 bits per heavy atom. The number of carbonyl (C=O) groups is 1. The summed E-state index contributed by atoms with van der Waals surface area (Å²) in [5.41, 5.74) is 4.16. The molecular formula is C26H25FN2O3. The molecule has 1 heterocycles. The average molecular weight is 432 g/mol. The molecule has 0 saturated carbocycles. The number of aromatic nitrogens is 2. The number of hydrogen-bond acceptors (Lipinski definition) is 3. The monoisotopic (exact) mass is 432 g/mol. The maximum Gasteiger partial charge on any atom is 0.303 e. The van der Waals surface area contributed by atoms with Crippen LogP contribution in [0.2, 0.25) is 0 Å². The van der Waals surface area contributed by atoms with E-state index in [1.165, 1.54) is 6.07 Å². The second kappa shape index (κ2) is 9.64. The molecule has 0 atom stereocenters. The number of nitrogens with zero attached hydrogens (tertiary/aromatic N) is 2. The van der Waals surface area contributed by atoms with Gasteiger partial charge < -0.3 is 9.84 Å². The molecule has 0 aliphatic rings. The van der Waals surface area contributed by atoms with E-state index in [9.17, 15) is 4.79 Å². The van der Waals surface area contributed by atoms with Gasteiger partial charge in [0.2, 0.25) is 0 Å². The quantitative estimate of drug-likeness (QED) is 0.379. The molecule has 6 heteroatoms. The molecule has 164 valence electrons. The first-order chi connectivity index (χ1) is 15.5. The zero-order chi connectivity index (χ0) is 22.5. The van der Waals surface area contributed by atoms with Crippen LogP contribution in [0.1, 0.15) is 24.5 Å². The molecule has 0 unspecified atom stereocenters. The molecule has 0 amide bonds. The summed E-state index contributed by atoms with van der Waals surface area (Å²) < 4.78 is 23.0. The Morgan fingerprint density at radius 2 is 1.88 bits per heavy atom. The van der Waals surface area contributed by atoms with E-state index in [1.54, 1.807) is 6.20 Å². The third kappa shape index (κ3) is 4.80. The topological polar surface area (TPSA) is 64.4 Å². The third-order valence-corrected chi connectivity index (χ3v) is 5.46. The SMILES string of the molecule is CCn1ncc2cc(-c3cc(CCC(=O)O)cc(F)c3OCCc3ccccc3)ccc21. The summed E-state index contributed by atoms with van der Waals surface area (Å²) in [4.78, 5) is 11.0. The predicted molar refractivity (Wildman–Crippen MR) is 122 cm³/mol. The molecule has 1 aromatic heterocycles. The van der Waals surface area contributed by atoms with E-state index in [4.69, 9.17) is 9.84 Å². The first-order valence-corrected chi connectivity index (χ1v) is 10.7. The minimum Gasteiger partial charge on any atom is -0.490 e. The summed E-state index contributed by atoms with van der Waals surface area (Å²) in [6, 6.07) is 19.0. The van der Waals surface area contributed by atoms with Gasteiger partial charge in [-0.3, -0.25) is 9.48 Å². The normalized spacial score (nSPS) is 11.1. The Labute approximate surface area is 186 Å². The molecule has 0 spiro atoms. The number of halogens is 1. The number of benzene rings is 3. The van der Waals surface area contributed by atoms with Crippen LogP contribution in [-0.4, -0.2) is 27.5 Å². The van der Waals surface area contributed by atoms with Crippen molar-refractivity contribution in [2.45, 2.75) is 32.7 Å². The molecule has 4 rings (SSSR count). The largest absolute Gasteiger partial charge is 0.490 e. The van der Waals surface area contributed by atoms with Crippen molar-refractivity contribution in [2.75, 3.05) is 6.61 Å². The van der Waals surface area contributed by atoms with E-state index in [-0.39, 0.29) is 18.6 Å². The van der Waals surface area contributed by atoms with Gasteiger partial charge in [0, 0.05) is 30.3 Å². The van der Waals surface area contributed by atoms with Gasteiger partial charge in [0.1, 0.15) is 0 Å². The fraction of sp³-hybridized carbons (Fsp3) is 0.231. The highest BCUT2D eigenvalue weighted by atomic mass is 19.1. The fourth-order valence-electron chi connectivity index (χ4n) is 3.83. The first-order valence-electron chi connectivity index (χ1n) is 10.7. The van der Waals surface area contributed by atoms with Crippen LogP contribution in [0.15, 0.2) is 66.9 Å². The Bertz CT molecular complexity index is 1230. The molecule has 0 aliphatic carbocycles. The molecule has 0 bridgehead atoms. The van der Waals surface area contributed by atoms with Crippen LogP contribution in [0.3, 0.4) is 0 Å². The number of aliphatic carboxylic acids is 1. The first kappa shape index (κ1) is 21.6. The van der Waals surface area contributed by atoms with Gasteiger partial charge in [-0.05, 0) is 54.3 Å². The van der Waals surface area contributed by atoms with Gasteiger partial charge >= 0.3 is 5.97 Å². The standard InChI is InChI=1S/C26H25FN2O3/c1-2-29-24-10-9-20(16-21(24)17-28-29)22-14-19(8-11-25(30)31)15-23(27)26(22)32-13-12-18-6-4-3-5-7-18/h3-7,9-10,14-17H,2,8,11-13H2,1H3,(H,30,31). The van der Waals surface area contributed by atoms with E-state index in [1.807, 2.05) is 66.2 Å². The van der Waals surface area contributed by atoms with Crippen molar-refractivity contribution in [1.29, 1.82) is 0 Å². The molecule has 0 saturated heterocycles. The van der Waals surface area contributed by atoms with Crippen LogP contribution in [0.5, 0.6) is 5.75 Å². The molecule has 1 N–H and O–H groups in total. The van der Waals surface area contributed by atoms with Crippen LogP contribution in [0.25, 0.3) is 22.0 Å². The zero-order valence-electron chi connectivity index (χ0n) is 17.9. The Balaban J connectivity index is 1.68. The molecule has 32 heavy (non-hydrogen) atoms. The smallest absolute Gasteiger partial charge is 0.303 e. The van der Waals surface area contributed by atoms with E-state index >= 15 is 4.39 Å². The van der Waals surface area contributed by atoms with Gasteiger partial charge in [0.15, 0.2) is 11.6 Å². The fourth-order valence-corrected chi connectivity index (χ4v) is 3.83. The predicted octanol–water partition coefficient (Wildman–Crippen LogP) is 5.50. The summed E-state index contributed by atoms with van der Waals surface area (Å²) in [6.07, 6.45) is 2.64. The van der Waals surface area contributed by atoms with Crippen LogP contribution in [0.4, 0.5) is 4.39 Å². The number of aryl methyl sites for hydroxylation is 2. The van der Waals surface area contributed by atoms with Crippen LogP contribution in [-0.2, 0) is 24.2 Å². The second-order valence-corrected chi connectivity index (χ2v) is 7.67. The van der Waals surface area contributed by atoms with Gasteiger partial charge in [-0.25, -0.2) is 4.39 Å². The number of carboxylic acid groups (broad SMARTS) is 1. The average Bonchev–Trinajstić information content (AvgIpc) is 3.21. The van der Waals surface area contributed by atoms with E-state index in [2.05, 4.69) is 5.10 Å². The summed E-state index contributed by atoms with van der Waals surface area (Å²) in [7, 11) is 0. The number of rotatable bonds is 9. The Hall–Kier alpha value is -3.67. The van der Waals surface area contributed by atoms with E-state index in [0.717, 1.165) is 28.6 Å². The number of ether oxygens (including phenoxy) is 1. The van der Waals surface area contributed by atoms with Crippen molar-refractivity contribution >= 4 is 16.9 Å². The molecule has 3 aromatic carbocycles. The van der Waals surface area contributed by atoms with Crippen molar-refractivity contribution in [3.8, 4) is 16.9 Å². The highest BCUT2D eigenvalue weighted by molar-refractivity contribution is 5.86. The molecule has 0 aliphatic heterocycles. The molecule has 5 nitrogen and oxygen atoms in total. The lowest BCUT2D eigenvalue weighted by Crippen LogP contribution is -2.05. The Morgan fingerprint density at radius 3 is 2.62 bits per heavy atom. The number of fused-ring (bicyclic) bond motifs is 1. The van der Waals surface area contributed by atoms with Gasteiger partial charge in [-0.1, -0.05) is 36.4 Å². The van der Waals surface area contributed by atoms with E-state index in [0.29, 0.717) is 24.2 Å². The van der Waals surface area contributed by atoms with Gasteiger partial charge in [-0.2, -0.15) is 5.10 Å². The second-order valence-electron chi connectivity index (χ2n) is 7.67. The third-order valence-electron chi connectivity index (χ3n) is 5.46. The molecule has 0 radical (unpaired) electrons. The van der Waals surface area contributed by atoms with Crippen molar-refractivity contribution in [1.82, 2.24) is 9.78 Å². The van der Waals surface area contributed by atoms with Crippen LogP contribution < -0.4 is 4.74 Å². The van der Waals surface area contributed by atoms with Crippen molar-refractivity contribution in [3.05, 3.63) is 83.8 Å². The Kier molecular flexibility index (Phi) is 6.50. The van der Waals surface area contributed by atoms with Crippen molar-refractivity contribution in [3.63, 3.8) is 0 Å². The van der Waals surface area contributed by atoms with Crippen molar-refractivity contribution in [2.24, 2.45) is 0 Å². The number of hydrogen-bond donors (Lipinski definition) is 1. The zero-order valence-corrected chi connectivity index (χ0v) is 17.9. The lowest BCUT2D eigenvalue weighted by atomic mass is 9.98. The lowest BCUT2D eigenvalue weighted by molar-refractivity contribution is -0.136. The minimum absolute atomic E-state index is 0.0601. The maximum atomic E-state index is 15.1. The maximum absolute atomic E-state index is 15.1. The molecule has 4 aromatic rings. The molecular weight excluding hydrogens is 407 g/mol. The molecule has 0 fully saturated rings.